The van der Waals surface area contributed by atoms with E-state index in [0.717, 1.165) is 32.1 Å². The maximum atomic E-state index is 13.3. The molecule has 2 unspecified atom stereocenters. The number of nitrogens with one attached hydrogen (secondary N) is 1. The van der Waals surface area contributed by atoms with Crippen molar-refractivity contribution in [3.05, 3.63) is 29.3 Å². The Hall–Kier alpha value is -1.44. The largest absolute Gasteiger partial charge is 0.369 e. The Balaban J connectivity index is 1.31. The van der Waals surface area contributed by atoms with E-state index >= 15 is 0 Å². The van der Waals surface area contributed by atoms with Crippen LogP contribution in [0.15, 0.2) is 29.2 Å². The lowest BCUT2D eigenvalue weighted by atomic mass is 9.45. The number of primary amides is 1. The van der Waals surface area contributed by atoms with E-state index < -0.39 is 15.6 Å². The van der Waals surface area contributed by atoms with Crippen molar-refractivity contribution in [2.75, 3.05) is 0 Å². The van der Waals surface area contributed by atoms with Crippen molar-refractivity contribution in [1.29, 1.82) is 0 Å². The highest BCUT2D eigenvalue weighted by Crippen LogP contribution is 2.63. The van der Waals surface area contributed by atoms with E-state index in [-0.39, 0.29) is 27.9 Å². The molecule has 2 atom stereocenters. The minimum atomic E-state index is -3.82. The Morgan fingerprint density at radius 1 is 1.13 bits per heavy atom. The third-order valence-electron chi connectivity index (χ3n) is 8.13. The van der Waals surface area contributed by atoms with Crippen LogP contribution in [0.4, 0.5) is 0 Å². The molecular weight excluding hydrogens is 424 g/mol. The molecule has 0 radical (unpaired) electrons. The third kappa shape index (κ3) is 3.30. The summed E-state index contributed by atoms with van der Waals surface area (Å²) in [5, 5.41) is 0.339. The van der Waals surface area contributed by atoms with Crippen molar-refractivity contribution in [2.45, 2.75) is 61.8 Å². The number of nitrogens with two attached hydrogens (primary N) is 1. The zero-order valence-corrected chi connectivity index (χ0v) is 18.3. The molecule has 162 valence electrons. The van der Waals surface area contributed by atoms with E-state index in [2.05, 4.69) is 4.72 Å². The average Bonchev–Trinajstić information content (AvgIpc) is 3.44. The standard InChI is InChI=1S/C22H27ClN2O4S/c23-16-2-1-3-17(8-16)30(28,29)25-22(4-5-22)19(26)9-18-14-6-13-7-15(18)12-21(10-13,11-14)20(24)27/h1-3,8,13-15,18,25H,4-7,9-12H2,(H2,24,27). The van der Waals surface area contributed by atoms with Gasteiger partial charge in [0, 0.05) is 16.9 Å². The van der Waals surface area contributed by atoms with Gasteiger partial charge in [-0.3, -0.25) is 9.59 Å². The van der Waals surface area contributed by atoms with E-state index in [0.29, 0.717) is 42.0 Å². The first-order valence-electron chi connectivity index (χ1n) is 10.8. The van der Waals surface area contributed by atoms with Crippen molar-refractivity contribution >= 4 is 33.3 Å². The lowest BCUT2D eigenvalue weighted by molar-refractivity contribution is -0.151. The third-order valence-corrected chi connectivity index (χ3v) is 9.90. The molecule has 4 bridgehead atoms. The molecule has 0 aromatic heterocycles. The van der Waals surface area contributed by atoms with Gasteiger partial charge >= 0.3 is 0 Å². The van der Waals surface area contributed by atoms with Crippen LogP contribution in [-0.4, -0.2) is 25.6 Å². The van der Waals surface area contributed by atoms with Crippen molar-refractivity contribution in [3.8, 4) is 0 Å². The number of amides is 1. The van der Waals surface area contributed by atoms with Gasteiger partial charge in [0.2, 0.25) is 15.9 Å². The summed E-state index contributed by atoms with van der Waals surface area (Å²) in [4.78, 5) is 25.5. The molecule has 0 heterocycles. The smallest absolute Gasteiger partial charge is 0.241 e. The molecule has 0 spiro atoms. The van der Waals surface area contributed by atoms with Crippen molar-refractivity contribution in [2.24, 2.45) is 34.8 Å². The van der Waals surface area contributed by atoms with Gasteiger partial charge in [0.05, 0.1) is 10.4 Å². The fourth-order valence-corrected chi connectivity index (χ4v) is 8.43. The fraction of sp³-hybridized carbons (Fsp3) is 0.636. The lowest BCUT2D eigenvalue weighted by Gasteiger charge is -2.59. The molecule has 6 rings (SSSR count). The highest BCUT2D eigenvalue weighted by Gasteiger charge is 2.59. The number of hydrogen-bond acceptors (Lipinski definition) is 4. The van der Waals surface area contributed by atoms with Gasteiger partial charge in [-0.25, -0.2) is 8.42 Å². The van der Waals surface area contributed by atoms with E-state index in [1.54, 1.807) is 12.1 Å². The van der Waals surface area contributed by atoms with Crippen LogP contribution >= 0.6 is 11.6 Å². The monoisotopic (exact) mass is 450 g/mol. The van der Waals surface area contributed by atoms with Crippen LogP contribution in [0.5, 0.6) is 0 Å². The minimum absolute atomic E-state index is 0.0151. The number of benzene rings is 1. The second-order valence-corrected chi connectivity index (χ2v) is 12.2. The maximum absolute atomic E-state index is 13.3. The molecule has 0 aliphatic heterocycles. The lowest BCUT2D eigenvalue weighted by Crippen LogP contribution is -2.56. The number of rotatable bonds is 7. The fourth-order valence-electron chi connectivity index (χ4n) is 6.69. The van der Waals surface area contributed by atoms with Crippen LogP contribution < -0.4 is 10.5 Å². The normalized spacial score (nSPS) is 35.9. The Morgan fingerprint density at radius 3 is 2.37 bits per heavy atom. The van der Waals surface area contributed by atoms with Gasteiger partial charge < -0.3 is 5.73 Å². The van der Waals surface area contributed by atoms with Gasteiger partial charge in [-0.1, -0.05) is 17.7 Å². The summed E-state index contributed by atoms with van der Waals surface area (Å²) in [5.74, 6) is 1.26. The Kier molecular flexibility index (Phi) is 4.62. The van der Waals surface area contributed by atoms with Crippen LogP contribution in [0.3, 0.4) is 0 Å². The molecule has 5 saturated carbocycles. The zero-order chi connectivity index (χ0) is 21.3. The van der Waals surface area contributed by atoms with Crippen molar-refractivity contribution < 1.29 is 18.0 Å². The van der Waals surface area contributed by atoms with Crippen LogP contribution in [0.2, 0.25) is 5.02 Å². The van der Waals surface area contributed by atoms with Gasteiger partial charge in [0.25, 0.3) is 0 Å². The number of ketones is 1. The first kappa shape index (κ1) is 20.5. The molecule has 1 aromatic carbocycles. The number of sulfonamides is 1. The Bertz CT molecular complexity index is 1000. The topological polar surface area (TPSA) is 106 Å². The maximum Gasteiger partial charge on any atom is 0.241 e. The molecule has 8 heteroatoms. The molecule has 5 fully saturated rings. The molecule has 3 N–H and O–H groups in total. The molecule has 5 aliphatic carbocycles. The highest BCUT2D eigenvalue weighted by molar-refractivity contribution is 7.89. The SMILES string of the molecule is NC(=O)C12CC3CC(C1)C(CC(=O)C1(NS(=O)(=O)c4cccc(Cl)c4)CC1)C(C3)C2. The second kappa shape index (κ2) is 6.78. The molecule has 6 nitrogen and oxygen atoms in total. The van der Waals surface area contributed by atoms with E-state index in [1.807, 2.05) is 0 Å². The second-order valence-electron chi connectivity index (χ2n) is 10.1. The number of carbonyl (C=O) groups excluding carboxylic acids is 2. The predicted octanol–water partition coefficient (Wildman–Crippen LogP) is 3.04. The van der Waals surface area contributed by atoms with Crippen LogP contribution in [0.1, 0.15) is 51.4 Å². The number of hydrogen-bond donors (Lipinski definition) is 2. The number of halogens is 1. The van der Waals surface area contributed by atoms with Gasteiger partial charge in [-0.2, -0.15) is 4.72 Å². The molecule has 1 aromatic rings. The van der Waals surface area contributed by atoms with Gasteiger partial charge in [-0.05, 0) is 86.8 Å². The predicted molar refractivity (Wildman–Crippen MR) is 112 cm³/mol. The Labute approximate surface area is 182 Å². The van der Waals surface area contributed by atoms with Gasteiger partial charge in [-0.15, -0.1) is 0 Å². The quantitative estimate of drug-likeness (QED) is 0.665. The van der Waals surface area contributed by atoms with Crippen molar-refractivity contribution in [3.63, 3.8) is 0 Å². The van der Waals surface area contributed by atoms with Crippen molar-refractivity contribution in [1.82, 2.24) is 4.72 Å². The summed E-state index contributed by atoms with van der Waals surface area (Å²) >= 11 is 5.94. The van der Waals surface area contributed by atoms with Crippen LogP contribution in [0.25, 0.3) is 0 Å². The molecule has 30 heavy (non-hydrogen) atoms. The van der Waals surface area contributed by atoms with Crippen LogP contribution in [-0.2, 0) is 19.6 Å². The molecule has 1 amide bonds. The van der Waals surface area contributed by atoms with E-state index in [9.17, 15) is 18.0 Å². The zero-order valence-electron chi connectivity index (χ0n) is 16.8. The van der Waals surface area contributed by atoms with Gasteiger partial charge in [0.15, 0.2) is 5.78 Å². The minimum Gasteiger partial charge on any atom is -0.369 e. The van der Waals surface area contributed by atoms with Crippen LogP contribution in [0, 0.1) is 29.1 Å². The first-order chi connectivity index (χ1) is 14.1. The number of Topliss-reactive ketones (excluding diaryl/α,β-unsaturated/α-hetero) is 1. The molecular formula is C22H27ClN2O4S. The summed E-state index contributed by atoms with van der Waals surface area (Å²) in [6, 6.07) is 6.08. The first-order valence-corrected chi connectivity index (χ1v) is 12.6. The average molecular weight is 451 g/mol. The molecule has 5 aliphatic rings. The van der Waals surface area contributed by atoms with E-state index in [4.69, 9.17) is 17.3 Å². The van der Waals surface area contributed by atoms with Gasteiger partial charge in [0.1, 0.15) is 0 Å². The molecule has 0 saturated heterocycles. The highest BCUT2D eigenvalue weighted by atomic mass is 35.5. The summed E-state index contributed by atoms with van der Waals surface area (Å²) in [6.07, 6.45) is 6.04. The Morgan fingerprint density at radius 2 is 1.80 bits per heavy atom. The summed E-state index contributed by atoms with van der Waals surface area (Å²) in [5.41, 5.74) is 4.40. The summed E-state index contributed by atoms with van der Waals surface area (Å²) < 4.78 is 28.3. The summed E-state index contributed by atoms with van der Waals surface area (Å²) in [7, 11) is -3.82. The summed E-state index contributed by atoms with van der Waals surface area (Å²) in [6.45, 7) is 0. The number of carbonyl (C=O) groups is 2. The van der Waals surface area contributed by atoms with E-state index in [1.165, 1.54) is 12.1 Å².